The SMILES string of the molecule is CCC(Cc1ccc(C)cc1C)OC(CC)Cc1ccc(C)cc1C. The second-order valence-corrected chi connectivity index (χ2v) is 7.46. The molecule has 2 atom stereocenters. The Hall–Kier alpha value is -1.60. The summed E-state index contributed by atoms with van der Waals surface area (Å²) in [5.74, 6) is 0. The Morgan fingerprint density at radius 3 is 1.40 bits per heavy atom. The van der Waals surface area contributed by atoms with Crippen LogP contribution in [-0.2, 0) is 17.6 Å². The Morgan fingerprint density at radius 1 is 0.680 bits per heavy atom. The van der Waals surface area contributed by atoms with Gasteiger partial charge in [0.1, 0.15) is 0 Å². The Balaban J connectivity index is 2.04. The molecule has 0 spiro atoms. The normalized spacial score (nSPS) is 13.7. The summed E-state index contributed by atoms with van der Waals surface area (Å²) in [4.78, 5) is 0. The van der Waals surface area contributed by atoms with Gasteiger partial charge in [-0.15, -0.1) is 0 Å². The van der Waals surface area contributed by atoms with Crippen molar-refractivity contribution in [2.45, 2.75) is 79.4 Å². The second-order valence-electron chi connectivity index (χ2n) is 7.46. The molecule has 2 aromatic carbocycles. The van der Waals surface area contributed by atoms with Crippen LogP contribution in [0.4, 0.5) is 0 Å². The maximum atomic E-state index is 6.53. The summed E-state index contributed by atoms with van der Waals surface area (Å²) in [6, 6.07) is 13.5. The number of ether oxygens (including phenoxy) is 1. The van der Waals surface area contributed by atoms with E-state index in [0.29, 0.717) is 0 Å². The molecule has 1 nitrogen and oxygen atoms in total. The maximum Gasteiger partial charge on any atom is 0.0616 e. The van der Waals surface area contributed by atoms with Gasteiger partial charge in [-0.2, -0.15) is 0 Å². The van der Waals surface area contributed by atoms with Crippen LogP contribution in [-0.4, -0.2) is 12.2 Å². The molecule has 0 N–H and O–H groups in total. The number of rotatable bonds is 8. The van der Waals surface area contributed by atoms with E-state index in [1.54, 1.807) is 0 Å². The Labute approximate surface area is 154 Å². The quantitative estimate of drug-likeness (QED) is 0.550. The van der Waals surface area contributed by atoms with Crippen molar-refractivity contribution in [2.75, 3.05) is 0 Å². The third-order valence-electron chi connectivity index (χ3n) is 5.19. The predicted molar refractivity (Wildman–Crippen MR) is 108 cm³/mol. The monoisotopic (exact) mass is 338 g/mol. The summed E-state index contributed by atoms with van der Waals surface area (Å²) in [6.07, 6.45) is 4.69. The summed E-state index contributed by atoms with van der Waals surface area (Å²) >= 11 is 0. The number of benzene rings is 2. The van der Waals surface area contributed by atoms with Gasteiger partial charge in [0.05, 0.1) is 12.2 Å². The van der Waals surface area contributed by atoms with Gasteiger partial charge in [-0.25, -0.2) is 0 Å². The largest absolute Gasteiger partial charge is 0.374 e. The first kappa shape index (κ1) is 19.7. The van der Waals surface area contributed by atoms with Crippen molar-refractivity contribution < 1.29 is 4.74 Å². The lowest BCUT2D eigenvalue weighted by Crippen LogP contribution is -2.25. The molecule has 0 saturated heterocycles. The lowest BCUT2D eigenvalue weighted by atomic mass is 9.97. The molecule has 0 aliphatic carbocycles. The third kappa shape index (κ3) is 5.71. The molecule has 25 heavy (non-hydrogen) atoms. The van der Waals surface area contributed by atoms with Gasteiger partial charge >= 0.3 is 0 Å². The summed E-state index contributed by atoms with van der Waals surface area (Å²) in [5.41, 5.74) is 8.25. The minimum absolute atomic E-state index is 0.289. The molecule has 0 heterocycles. The molecular formula is C24H34O. The van der Waals surface area contributed by atoms with Crippen molar-refractivity contribution >= 4 is 0 Å². The zero-order chi connectivity index (χ0) is 18.4. The van der Waals surface area contributed by atoms with Crippen LogP contribution >= 0.6 is 0 Å². The van der Waals surface area contributed by atoms with Crippen molar-refractivity contribution in [3.05, 3.63) is 69.8 Å². The Kier molecular flexibility index (Phi) is 7.25. The van der Waals surface area contributed by atoms with Crippen molar-refractivity contribution in [1.82, 2.24) is 0 Å². The van der Waals surface area contributed by atoms with Gasteiger partial charge in [-0.1, -0.05) is 61.4 Å². The van der Waals surface area contributed by atoms with Crippen LogP contribution < -0.4 is 0 Å². The summed E-state index contributed by atoms with van der Waals surface area (Å²) in [5, 5.41) is 0. The van der Waals surface area contributed by atoms with Crippen molar-refractivity contribution in [3.63, 3.8) is 0 Å². The standard InChI is InChI=1S/C24H34O/c1-7-23(15-21-11-9-17(3)13-19(21)5)25-24(8-2)16-22-12-10-18(4)14-20(22)6/h9-14,23-24H,7-8,15-16H2,1-6H3. The van der Waals surface area contributed by atoms with Crippen LogP contribution in [0.3, 0.4) is 0 Å². The molecule has 0 aromatic heterocycles. The first-order valence-electron chi connectivity index (χ1n) is 9.70. The molecule has 0 saturated carbocycles. The highest BCUT2D eigenvalue weighted by atomic mass is 16.5. The summed E-state index contributed by atoms with van der Waals surface area (Å²) < 4.78 is 6.53. The second kappa shape index (κ2) is 9.20. The van der Waals surface area contributed by atoms with E-state index in [9.17, 15) is 0 Å². The van der Waals surface area contributed by atoms with E-state index in [4.69, 9.17) is 4.74 Å². The van der Waals surface area contributed by atoms with Gasteiger partial charge in [-0.05, 0) is 75.6 Å². The number of aryl methyl sites for hydroxylation is 4. The Morgan fingerprint density at radius 2 is 1.08 bits per heavy atom. The van der Waals surface area contributed by atoms with Crippen LogP contribution in [0.15, 0.2) is 36.4 Å². The van der Waals surface area contributed by atoms with Crippen molar-refractivity contribution in [1.29, 1.82) is 0 Å². The highest BCUT2D eigenvalue weighted by molar-refractivity contribution is 5.32. The molecule has 136 valence electrons. The first-order chi connectivity index (χ1) is 11.9. The van der Waals surface area contributed by atoms with Gasteiger partial charge < -0.3 is 4.74 Å². The molecule has 2 unspecified atom stereocenters. The van der Waals surface area contributed by atoms with E-state index in [-0.39, 0.29) is 12.2 Å². The molecule has 0 aliphatic rings. The van der Waals surface area contributed by atoms with Crippen LogP contribution in [0.5, 0.6) is 0 Å². The van der Waals surface area contributed by atoms with Crippen LogP contribution in [0.25, 0.3) is 0 Å². The highest BCUT2D eigenvalue weighted by Crippen LogP contribution is 2.20. The van der Waals surface area contributed by atoms with E-state index < -0.39 is 0 Å². The molecule has 2 aromatic rings. The van der Waals surface area contributed by atoms with E-state index in [0.717, 1.165) is 25.7 Å². The predicted octanol–water partition coefficient (Wildman–Crippen LogP) is 6.28. The fourth-order valence-electron chi connectivity index (χ4n) is 3.49. The van der Waals surface area contributed by atoms with E-state index >= 15 is 0 Å². The number of hydrogen-bond donors (Lipinski definition) is 0. The molecule has 0 amide bonds. The lowest BCUT2D eigenvalue weighted by Gasteiger charge is -2.25. The van der Waals surface area contributed by atoms with Crippen LogP contribution in [0.1, 0.15) is 60.1 Å². The zero-order valence-corrected chi connectivity index (χ0v) is 16.9. The van der Waals surface area contributed by atoms with Gasteiger partial charge in [0.15, 0.2) is 0 Å². The minimum Gasteiger partial charge on any atom is -0.374 e. The first-order valence-corrected chi connectivity index (χ1v) is 9.70. The molecule has 0 fully saturated rings. The lowest BCUT2D eigenvalue weighted by molar-refractivity contribution is -0.0148. The molecule has 1 heteroatoms. The summed E-state index contributed by atoms with van der Waals surface area (Å²) in [7, 11) is 0. The molecule has 0 bridgehead atoms. The van der Waals surface area contributed by atoms with Crippen LogP contribution in [0.2, 0.25) is 0 Å². The molecule has 0 radical (unpaired) electrons. The number of hydrogen-bond acceptors (Lipinski definition) is 1. The topological polar surface area (TPSA) is 9.23 Å². The summed E-state index contributed by atoms with van der Waals surface area (Å²) in [6.45, 7) is 13.2. The zero-order valence-electron chi connectivity index (χ0n) is 16.9. The highest BCUT2D eigenvalue weighted by Gasteiger charge is 2.17. The van der Waals surface area contributed by atoms with Gasteiger partial charge in [0.2, 0.25) is 0 Å². The molecule has 2 rings (SSSR count). The molecule has 0 aliphatic heterocycles. The van der Waals surface area contributed by atoms with Crippen molar-refractivity contribution in [2.24, 2.45) is 0 Å². The van der Waals surface area contributed by atoms with Gasteiger partial charge in [-0.3, -0.25) is 0 Å². The van der Waals surface area contributed by atoms with Crippen molar-refractivity contribution in [3.8, 4) is 0 Å². The van der Waals surface area contributed by atoms with Crippen LogP contribution in [0, 0.1) is 27.7 Å². The fraction of sp³-hybridized carbons (Fsp3) is 0.500. The smallest absolute Gasteiger partial charge is 0.0616 e. The Bertz CT molecular complexity index is 627. The average Bonchev–Trinajstić information content (AvgIpc) is 2.57. The van der Waals surface area contributed by atoms with Gasteiger partial charge in [0, 0.05) is 0 Å². The van der Waals surface area contributed by atoms with E-state index in [1.165, 1.54) is 33.4 Å². The maximum absolute atomic E-state index is 6.53. The van der Waals surface area contributed by atoms with Gasteiger partial charge in [0.25, 0.3) is 0 Å². The third-order valence-corrected chi connectivity index (χ3v) is 5.19. The minimum atomic E-state index is 0.289. The van der Waals surface area contributed by atoms with E-state index in [1.807, 2.05) is 0 Å². The fourth-order valence-corrected chi connectivity index (χ4v) is 3.49. The molecular weight excluding hydrogens is 304 g/mol. The average molecular weight is 339 g/mol. The van der Waals surface area contributed by atoms with E-state index in [2.05, 4.69) is 77.9 Å².